The summed E-state index contributed by atoms with van der Waals surface area (Å²) < 4.78 is 12.1. The number of ether oxygens (including phenoxy) is 2. The Balaban J connectivity index is 1.83. The Hall–Kier alpha value is -1.76. The topological polar surface area (TPSA) is 67.9 Å². The Kier molecular flexibility index (Phi) is 5.99. The number of hydrogen-bond donors (Lipinski definition) is 1. The zero-order valence-corrected chi connectivity index (χ0v) is 17.7. The minimum atomic E-state index is -0.718. The highest BCUT2D eigenvalue weighted by molar-refractivity contribution is 9.10. The third kappa shape index (κ3) is 3.93. The van der Waals surface area contributed by atoms with Crippen LogP contribution in [-0.4, -0.2) is 35.6 Å². The minimum Gasteiger partial charge on any atom is -0.490 e. The number of nitrogens with zero attached hydrogens (tertiary/aromatic N) is 1. The predicted molar refractivity (Wildman–Crippen MR) is 106 cm³/mol. The van der Waals surface area contributed by atoms with Gasteiger partial charge in [0.15, 0.2) is 11.5 Å². The lowest BCUT2D eigenvalue weighted by atomic mass is 9.77. The summed E-state index contributed by atoms with van der Waals surface area (Å²) in [5.41, 5.74) is 0.0935. The molecule has 6 nitrogen and oxygen atoms in total. The molecule has 27 heavy (non-hydrogen) atoms. The molecule has 0 unspecified atom stereocenters. The Labute approximate surface area is 168 Å². The van der Waals surface area contributed by atoms with Crippen molar-refractivity contribution in [2.45, 2.75) is 58.5 Å². The minimum absolute atomic E-state index is 0.113. The van der Waals surface area contributed by atoms with E-state index in [-0.39, 0.29) is 18.5 Å². The van der Waals surface area contributed by atoms with Crippen LogP contribution in [0.25, 0.3) is 0 Å². The third-order valence-corrected chi connectivity index (χ3v) is 6.15. The van der Waals surface area contributed by atoms with Gasteiger partial charge in [-0.25, -0.2) is 4.79 Å². The van der Waals surface area contributed by atoms with Crippen molar-refractivity contribution in [3.63, 3.8) is 0 Å². The van der Waals surface area contributed by atoms with Gasteiger partial charge in [-0.15, -0.1) is 0 Å². The van der Waals surface area contributed by atoms with Crippen molar-refractivity contribution in [3.05, 3.63) is 22.2 Å². The fourth-order valence-electron chi connectivity index (χ4n) is 3.82. The van der Waals surface area contributed by atoms with Crippen LogP contribution in [0.15, 0.2) is 16.6 Å². The van der Waals surface area contributed by atoms with Crippen LogP contribution in [-0.2, 0) is 11.3 Å². The highest BCUT2D eigenvalue weighted by Gasteiger charge is 2.52. The quantitative estimate of drug-likeness (QED) is 0.674. The molecule has 1 saturated carbocycles. The van der Waals surface area contributed by atoms with Crippen LogP contribution in [0.1, 0.15) is 52.0 Å². The number of benzene rings is 1. The van der Waals surface area contributed by atoms with Gasteiger partial charge in [-0.1, -0.05) is 22.9 Å². The first-order chi connectivity index (χ1) is 12.9. The molecule has 1 N–H and O–H groups in total. The van der Waals surface area contributed by atoms with Crippen molar-refractivity contribution in [2.24, 2.45) is 5.92 Å². The first-order valence-corrected chi connectivity index (χ1v) is 10.4. The second-order valence-electron chi connectivity index (χ2n) is 7.34. The molecule has 7 heteroatoms. The average molecular weight is 439 g/mol. The monoisotopic (exact) mass is 438 g/mol. The number of halogens is 1. The van der Waals surface area contributed by atoms with Crippen molar-refractivity contribution in [1.29, 1.82) is 0 Å². The van der Waals surface area contributed by atoms with Crippen LogP contribution >= 0.6 is 15.9 Å². The maximum Gasteiger partial charge on any atom is 0.325 e. The lowest BCUT2D eigenvalue weighted by Crippen LogP contribution is -2.49. The van der Waals surface area contributed by atoms with Crippen LogP contribution in [0.4, 0.5) is 4.79 Å². The molecule has 0 radical (unpaired) electrons. The number of amides is 3. The van der Waals surface area contributed by atoms with Crippen molar-refractivity contribution in [1.82, 2.24) is 10.2 Å². The summed E-state index contributed by atoms with van der Waals surface area (Å²) >= 11 is 3.54. The van der Waals surface area contributed by atoms with E-state index in [1.54, 1.807) is 0 Å². The number of carbonyl (C=O) groups excluding carboxylic acids is 2. The predicted octanol–water partition coefficient (Wildman–Crippen LogP) is 4.25. The molecular formula is C20H27BrN2O4. The molecule has 1 saturated heterocycles. The lowest BCUT2D eigenvalue weighted by molar-refractivity contribution is -0.133. The number of hydrogen-bond acceptors (Lipinski definition) is 4. The molecule has 3 rings (SSSR count). The van der Waals surface area contributed by atoms with E-state index in [0.29, 0.717) is 43.5 Å². The zero-order valence-electron chi connectivity index (χ0n) is 16.1. The highest BCUT2D eigenvalue weighted by atomic mass is 79.9. The summed E-state index contributed by atoms with van der Waals surface area (Å²) in [4.78, 5) is 27.0. The van der Waals surface area contributed by atoms with E-state index < -0.39 is 5.54 Å². The van der Waals surface area contributed by atoms with Gasteiger partial charge in [-0.2, -0.15) is 0 Å². The third-order valence-electron chi connectivity index (χ3n) is 5.41. The number of nitrogens with one attached hydrogen (secondary N) is 1. The molecule has 0 atom stereocenters. The van der Waals surface area contributed by atoms with Crippen molar-refractivity contribution < 1.29 is 19.1 Å². The van der Waals surface area contributed by atoms with Gasteiger partial charge in [0.2, 0.25) is 0 Å². The van der Waals surface area contributed by atoms with Crippen molar-refractivity contribution in [3.8, 4) is 11.5 Å². The molecule has 1 aromatic rings. The molecule has 1 heterocycles. The second-order valence-corrected chi connectivity index (χ2v) is 8.20. The molecule has 148 valence electrons. The van der Waals surface area contributed by atoms with E-state index in [4.69, 9.17) is 9.47 Å². The summed E-state index contributed by atoms with van der Waals surface area (Å²) in [7, 11) is 0. The standard InChI is InChI=1S/C20H27BrN2O4/c1-4-26-16-10-14(15(21)11-17(16)27-5-2)12-23-18(24)20(22-19(23)25)8-6-13(3)7-9-20/h10-11,13H,4-9,12H2,1-3H3,(H,22,25). The van der Waals surface area contributed by atoms with Crippen molar-refractivity contribution >= 4 is 27.9 Å². The SMILES string of the molecule is CCOc1cc(Br)c(CN2C(=O)NC3(CCC(C)CC3)C2=O)cc1OCC. The van der Waals surface area contributed by atoms with Gasteiger partial charge >= 0.3 is 6.03 Å². The molecular weight excluding hydrogens is 412 g/mol. The van der Waals surface area contributed by atoms with Gasteiger partial charge in [0.1, 0.15) is 5.54 Å². The molecule has 1 aromatic carbocycles. The fourth-order valence-corrected chi connectivity index (χ4v) is 4.27. The molecule has 1 aliphatic heterocycles. The van der Waals surface area contributed by atoms with Gasteiger partial charge in [0.25, 0.3) is 5.91 Å². The van der Waals surface area contributed by atoms with E-state index >= 15 is 0 Å². The second kappa shape index (κ2) is 8.09. The van der Waals surface area contributed by atoms with Gasteiger partial charge in [0, 0.05) is 4.47 Å². The highest BCUT2D eigenvalue weighted by Crippen LogP contribution is 2.38. The summed E-state index contributed by atoms with van der Waals surface area (Å²) in [6.07, 6.45) is 3.34. The molecule has 1 aliphatic carbocycles. The first-order valence-electron chi connectivity index (χ1n) is 9.62. The van der Waals surface area contributed by atoms with Gasteiger partial charge in [-0.05, 0) is 63.1 Å². The zero-order chi connectivity index (χ0) is 19.6. The lowest BCUT2D eigenvalue weighted by Gasteiger charge is -2.33. The smallest absolute Gasteiger partial charge is 0.325 e. The van der Waals surface area contributed by atoms with Gasteiger partial charge in [0.05, 0.1) is 19.8 Å². The number of carbonyl (C=O) groups is 2. The Morgan fingerprint density at radius 3 is 2.33 bits per heavy atom. The maximum atomic E-state index is 13.1. The van der Waals surface area contributed by atoms with E-state index in [0.717, 1.165) is 22.9 Å². The molecule has 2 aliphatic rings. The molecule has 0 bridgehead atoms. The molecule has 3 amide bonds. The average Bonchev–Trinajstić information content (AvgIpc) is 2.86. The fraction of sp³-hybridized carbons (Fsp3) is 0.600. The largest absolute Gasteiger partial charge is 0.490 e. The van der Waals surface area contributed by atoms with Crippen LogP contribution < -0.4 is 14.8 Å². The number of rotatable bonds is 6. The maximum absolute atomic E-state index is 13.1. The van der Waals surface area contributed by atoms with E-state index in [1.165, 1.54) is 4.90 Å². The van der Waals surface area contributed by atoms with E-state index in [1.807, 2.05) is 26.0 Å². The Morgan fingerprint density at radius 2 is 1.74 bits per heavy atom. The van der Waals surface area contributed by atoms with E-state index in [2.05, 4.69) is 28.2 Å². The number of imide groups is 1. The summed E-state index contributed by atoms with van der Waals surface area (Å²) in [6.45, 7) is 7.25. The molecule has 2 fully saturated rings. The summed E-state index contributed by atoms with van der Waals surface area (Å²) in [6, 6.07) is 3.36. The molecule has 1 spiro atoms. The van der Waals surface area contributed by atoms with Gasteiger partial charge < -0.3 is 14.8 Å². The Bertz CT molecular complexity index is 729. The summed E-state index contributed by atoms with van der Waals surface area (Å²) in [5.74, 6) is 1.75. The van der Waals surface area contributed by atoms with E-state index in [9.17, 15) is 9.59 Å². The van der Waals surface area contributed by atoms with Gasteiger partial charge in [-0.3, -0.25) is 9.69 Å². The Morgan fingerprint density at radius 1 is 1.15 bits per heavy atom. The normalized spacial score (nSPS) is 25.0. The summed E-state index contributed by atoms with van der Waals surface area (Å²) in [5, 5.41) is 2.97. The van der Waals surface area contributed by atoms with Crippen LogP contribution in [0.3, 0.4) is 0 Å². The molecule has 0 aromatic heterocycles. The van der Waals surface area contributed by atoms with Crippen LogP contribution in [0, 0.1) is 5.92 Å². The first kappa shape index (κ1) is 20.0. The van der Waals surface area contributed by atoms with Crippen LogP contribution in [0.2, 0.25) is 0 Å². The van der Waals surface area contributed by atoms with Crippen LogP contribution in [0.5, 0.6) is 11.5 Å². The van der Waals surface area contributed by atoms with Crippen molar-refractivity contribution in [2.75, 3.05) is 13.2 Å². The number of urea groups is 1.